The van der Waals surface area contributed by atoms with Crippen LogP contribution in [0.5, 0.6) is 0 Å². The van der Waals surface area contributed by atoms with Crippen LogP contribution >= 0.6 is 11.8 Å². The molecule has 122 valence electrons. The van der Waals surface area contributed by atoms with Crippen molar-refractivity contribution in [3.05, 3.63) is 60.2 Å². The third-order valence-electron chi connectivity index (χ3n) is 3.30. The second-order valence-corrected chi connectivity index (χ2v) is 8.30. The van der Waals surface area contributed by atoms with Gasteiger partial charge in [0, 0.05) is 11.2 Å². The predicted octanol–water partition coefficient (Wildman–Crippen LogP) is 3.06. The molecule has 1 unspecified atom stereocenters. The van der Waals surface area contributed by atoms with Crippen LogP contribution in [0.4, 0.5) is 0 Å². The van der Waals surface area contributed by atoms with Crippen LogP contribution in [-0.2, 0) is 14.6 Å². The van der Waals surface area contributed by atoms with Crippen LogP contribution in [0, 0.1) is 0 Å². The molecular formula is C17H19NO3S2. The van der Waals surface area contributed by atoms with E-state index in [1.807, 2.05) is 37.3 Å². The molecule has 0 radical (unpaired) electrons. The number of carbonyl (C=O) groups is 1. The number of amides is 1. The Morgan fingerprint density at radius 1 is 1.09 bits per heavy atom. The molecule has 0 aliphatic heterocycles. The van der Waals surface area contributed by atoms with E-state index in [1.165, 1.54) is 18.0 Å². The molecule has 23 heavy (non-hydrogen) atoms. The van der Waals surface area contributed by atoms with Gasteiger partial charge >= 0.3 is 0 Å². The van der Waals surface area contributed by atoms with E-state index in [2.05, 4.69) is 5.32 Å². The van der Waals surface area contributed by atoms with E-state index >= 15 is 0 Å². The van der Waals surface area contributed by atoms with Crippen LogP contribution in [0.2, 0.25) is 0 Å². The highest BCUT2D eigenvalue weighted by Crippen LogP contribution is 2.19. The second kappa shape index (κ2) is 7.66. The Hall–Kier alpha value is -1.79. The van der Waals surface area contributed by atoms with Crippen LogP contribution in [0.3, 0.4) is 0 Å². The maximum atomic E-state index is 12.0. The lowest BCUT2D eigenvalue weighted by Crippen LogP contribution is -2.28. The van der Waals surface area contributed by atoms with E-state index in [0.29, 0.717) is 5.75 Å². The Kier molecular flexibility index (Phi) is 5.85. The highest BCUT2D eigenvalue weighted by molar-refractivity contribution is 8.00. The maximum absolute atomic E-state index is 12.0. The molecule has 0 saturated carbocycles. The van der Waals surface area contributed by atoms with Gasteiger partial charge in [-0.25, -0.2) is 8.42 Å². The van der Waals surface area contributed by atoms with Gasteiger partial charge in [0.05, 0.1) is 16.7 Å². The van der Waals surface area contributed by atoms with Crippen LogP contribution in [0.1, 0.15) is 18.5 Å². The monoisotopic (exact) mass is 349 g/mol. The number of carbonyl (C=O) groups excluding carboxylic acids is 1. The van der Waals surface area contributed by atoms with E-state index in [1.54, 1.807) is 24.3 Å². The number of nitrogens with one attached hydrogen (secondary N) is 1. The third-order valence-corrected chi connectivity index (χ3v) is 5.44. The molecule has 0 spiro atoms. The number of benzene rings is 2. The zero-order chi connectivity index (χ0) is 16.9. The van der Waals surface area contributed by atoms with E-state index in [9.17, 15) is 13.2 Å². The molecule has 2 aromatic carbocycles. The molecule has 0 saturated heterocycles. The SMILES string of the molecule is CC(NC(=O)CSc1ccccc1)c1ccc(S(C)(=O)=O)cc1. The first-order valence-corrected chi connectivity index (χ1v) is 10.0. The summed E-state index contributed by atoms with van der Waals surface area (Å²) in [5, 5.41) is 2.92. The van der Waals surface area contributed by atoms with Crippen molar-refractivity contribution in [2.75, 3.05) is 12.0 Å². The predicted molar refractivity (Wildman–Crippen MR) is 93.3 cm³/mol. The summed E-state index contributed by atoms with van der Waals surface area (Å²) >= 11 is 1.48. The van der Waals surface area contributed by atoms with Gasteiger partial charge in [-0.3, -0.25) is 4.79 Å². The number of hydrogen-bond donors (Lipinski definition) is 1. The van der Waals surface area contributed by atoms with Crippen molar-refractivity contribution >= 4 is 27.5 Å². The van der Waals surface area contributed by atoms with Gasteiger partial charge in [-0.1, -0.05) is 30.3 Å². The summed E-state index contributed by atoms with van der Waals surface area (Å²) in [6, 6.07) is 16.1. The summed E-state index contributed by atoms with van der Waals surface area (Å²) in [6.45, 7) is 1.88. The largest absolute Gasteiger partial charge is 0.349 e. The Morgan fingerprint density at radius 3 is 2.26 bits per heavy atom. The van der Waals surface area contributed by atoms with Crippen molar-refractivity contribution in [1.82, 2.24) is 5.32 Å². The molecule has 1 N–H and O–H groups in total. The Morgan fingerprint density at radius 2 is 1.70 bits per heavy atom. The van der Waals surface area contributed by atoms with Gasteiger partial charge in [0.15, 0.2) is 9.84 Å². The summed E-state index contributed by atoms with van der Waals surface area (Å²) in [7, 11) is -3.20. The van der Waals surface area contributed by atoms with Crippen molar-refractivity contribution < 1.29 is 13.2 Å². The molecule has 0 aromatic heterocycles. The minimum atomic E-state index is -3.20. The summed E-state index contributed by atoms with van der Waals surface area (Å²) in [5.74, 6) is 0.286. The van der Waals surface area contributed by atoms with Gasteiger partial charge in [0.2, 0.25) is 5.91 Å². The lowest BCUT2D eigenvalue weighted by Gasteiger charge is -2.14. The van der Waals surface area contributed by atoms with Crippen LogP contribution in [-0.4, -0.2) is 26.3 Å². The first-order valence-electron chi connectivity index (χ1n) is 7.13. The Labute approximate surface area is 141 Å². The van der Waals surface area contributed by atoms with Crippen molar-refractivity contribution in [3.8, 4) is 0 Å². The van der Waals surface area contributed by atoms with Gasteiger partial charge in [0.1, 0.15) is 0 Å². The fourth-order valence-corrected chi connectivity index (χ4v) is 3.40. The Balaban J connectivity index is 1.90. The molecule has 0 aliphatic rings. The van der Waals surface area contributed by atoms with Crippen LogP contribution in [0.15, 0.2) is 64.4 Å². The van der Waals surface area contributed by atoms with E-state index in [4.69, 9.17) is 0 Å². The van der Waals surface area contributed by atoms with E-state index in [-0.39, 0.29) is 16.8 Å². The highest BCUT2D eigenvalue weighted by atomic mass is 32.2. The van der Waals surface area contributed by atoms with Crippen LogP contribution < -0.4 is 5.32 Å². The molecule has 0 aliphatic carbocycles. The van der Waals surface area contributed by atoms with Crippen molar-refractivity contribution in [3.63, 3.8) is 0 Å². The van der Waals surface area contributed by atoms with Crippen molar-refractivity contribution in [1.29, 1.82) is 0 Å². The average molecular weight is 349 g/mol. The molecule has 6 heteroatoms. The van der Waals surface area contributed by atoms with Crippen molar-refractivity contribution in [2.45, 2.75) is 22.8 Å². The zero-order valence-electron chi connectivity index (χ0n) is 13.0. The standard InChI is InChI=1S/C17H19NO3S2/c1-13(14-8-10-16(11-9-14)23(2,20)21)18-17(19)12-22-15-6-4-3-5-7-15/h3-11,13H,12H2,1-2H3,(H,18,19). The lowest BCUT2D eigenvalue weighted by molar-refractivity contribution is -0.119. The average Bonchev–Trinajstić information content (AvgIpc) is 2.53. The second-order valence-electron chi connectivity index (χ2n) is 5.23. The molecule has 0 fully saturated rings. The molecule has 2 aromatic rings. The summed E-state index contributed by atoms with van der Waals surface area (Å²) in [5.41, 5.74) is 0.871. The fourth-order valence-electron chi connectivity index (χ4n) is 2.04. The molecule has 4 nitrogen and oxygen atoms in total. The van der Waals surface area contributed by atoms with E-state index < -0.39 is 9.84 Å². The number of rotatable bonds is 6. The number of sulfone groups is 1. The smallest absolute Gasteiger partial charge is 0.230 e. The van der Waals surface area contributed by atoms with Gasteiger partial charge in [-0.05, 0) is 36.8 Å². The van der Waals surface area contributed by atoms with Crippen molar-refractivity contribution in [2.24, 2.45) is 0 Å². The minimum absolute atomic E-state index is 0.0569. The first kappa shape index (κ1) is 17.6. The van der Waals surface area contributed by atoms with Gasteiger partial charge < -0.3 is 5.32 Å². The summed E-state index contributed by atoms with van der Waals surface area (Å²) in [6.07, 6.45) is 1.17. The van der Waals surface area contributed by atoms with Gasteiger partial charge in [-0.15, -0.1) is 11.8 Å². The summed E-state index contributed by atoms with van der Waals surface area (Å²) < 4.78 is 22.9. The number of thioether (sulfide) groups is 1. The highest BCUT2D eigenvalue weighted by Gasteiger charge is 2.12. The van der Waals surface area contributed by atoms with Crippen LogP contribution in [0.25, 0.3) is 0 Å². The third kappa shape index (κ3) is 5.41. The first-order chi connectivity index (χ1) is 10.9. The lowest BCUT2D eigenvalue weighted by atomic mass is 10.1. The topological polar surface area (TPSA) is 63.2 Å². The molecule has 2 rings (SSSR count). The normalized spacial score (nSPS) is 12.6. The maximum Gasteiger partial charge on any atom is 0.230 e. The molecule has 0 heterocycles. The minimum Gasteiger partial charge on any atom is -0.349 e. The fraction of sp³-hybridized carbons (Fsp3) is 0.235. The molecule has 0 bridgehead atoms. The van der Waals surface area contributed by atoms with Gasteiger partial charge in [-0.2, -0.15) is 0 Å². The van der Waals surface area contributed by atoms with E-state index in [0.717, 1.165) is 10.5 Å². The number of hydrogen-bond acceptors (Lipinski definition) is 4. The molecule has 1 amide bonds. The van der Waals surface area contributed by atoms with Gasteiger partial charge in [0.25, 0.3) is 0 Å². The quantitative estimate of drug-likeness (QED) is 0.814. The summed E-state index contributed by atoms with van der Waals surface area (Å²) in [4.78, 5) is 13.3. The molecular weight excluding hydrogens is 330 g/mol. The zero-order valence-corrected chi connectivity index (χ0v) is 14.7. The molecule has 1 atom stereocenters. The Bertz CT molecular complexity index is 756.